The van der Waals surface area contributed by atoms with E-state index >= 15 is 0 Å². The van der Waals surface area contributed by atoms with Crippen LogP contribution in [0.5, 0.6) is 5.75 Å². The highest BCUT2D eigenvalue weighted by atomic mass is 16.5. The first-order valence-electron chi connectivity index (χ1n) is 7.99. The fourth-order valence-corrected chi connectivity index (χ4v) is 2.08. The smallest absolute Gasteiger partial charge is 0.331 e. The fraction of sp³-hybridized carbons (Fsp3) is 0.200. The van der Waals surface area contributed by atoms with Crippen LogP contribution in [0.3, 0.4) is 0 Å². The maximum atomic E-state index is 10.8. The number of aliphatic carboxylic acids is 1. The van der Waals surface area contributed by atoms with E-state index in [9.17, 15) is 4.79 Å². The Morgan fingerprint density at radius 1 is 1.32 bits per heavy atom. The normalized spacial score (nSPS) is 12.6. The molecule has 0 saturated heterocycles. The zero-order chi connectivity index (χ0) is 18.2. The molecule has 0 spiro atoms. The number of aromatic nitrogens is 1. The minimum atomic E-state index is -0.944. The van der Waals surface area contributed by atoms with Crippen LogP contribution in [0.25, 0.3) is 16.9 Å². The van der Waals surface area contributed by atoms with Crippen LogP contribution in [0, 0.1) is 0 Å². The molecule has 2 aromatic rings. The molecule has 1 aromatic heterocycles. The predicted molar refractivity (Wildman–Crippen MR) is 97.3 cm³/mol. The average molecular weight is 339 g/mol. The summed E-state index contributed by atoms with van der Waals surface area (Å²) >= 11 is 0. The lowest BCUT2D eigenvalue weighted by Crippen LogP contribution is -1.94. The quantitative estimate of drug-likeness (QED) is 0.583. The van der Waals surface area contributed by atoms with Gasteiger partial charge in [0.1, 0.15) is 5.75 Å². The second-order valence-electron chi connectivity index (χ2n) is 5.25. The first-order valence-corrected chi connectivity index (χ1v) is 7.99. The molecule has 0 atom stereocenters. The summed E-state index contributed by atoms with van der Waals surface area (Å²) in [6.45, 7) is 5.97. The Morgan fingerprint density at radius 2 is 2.04 bits per heavy atom. The maximum absolute atomic E-state index is 10.8. The molecule has 0 amide bonds. The van der Waals surface area contributed by atoms with E-state index in [1.54, 1.807) is 18.3 Å². The van der Waals surface area contributed by atoms with Crippen LogP contribution in [0.1, 0.15) is 26.7 Å². The number of hydrogen-bond acceptors (Lipinski definition) is 4. The van der Waals surface area contributed by atoms with E-state index in [2.05, 4.69) is 4.98 Å². The Kier molecular flexibility index (Phi) is 6.34. The van der Waals surface area contributed by atoms with Crippen LogP contribution in [0.2, 0.25) is 0 Å². The predicted octanol–water partition coefficient (Wildman–Crippen LogP) is 4.73. The van der Waals surface area contributed by atoms with Gasteiger partial charge in [-0.15, -0.1) is 0 Å². The van der Waals surface area contributed by atoms with Gasteiger partial charge in [0.2, 0.25) is 5.89 Å². The highest BCUT2D eigenvalue weighted by molar-refractivity contribution is 5.86. The van der Waals surface area contributed by atoms with E-state index in [4.69, 9.17) is 14.3 Å². The van der Waals surface area contributed by atoms with Crippen molar-refractivity contribution in [3.63, 3.8) is 0 Å². The van der Waals surface area contributed by atoms with Crippen molar-refractivity contribution < 1.29 is 19.1 Å². The van der Waals surface area contributed by atoms with Gasteiger partial charge in [-0.2, -0.15) is 0 Å². The van der Waals surface area contributed by atoms with Gasteiger partial charge in [-0.25, -0.2) is 9.78 Å². The number of carboxylic acid groups (broad SMARTS) is 1. The van der Waals surface area contributed by atoms with Gasteiger partial charge in [0.15, 0.2) is 5.76 Å². The van der Waals surface area contributed by atoms with Crippen molar-refractivity contribution >= 4 is 11.5 Å². The van der Waals surface area contributed by atoms with Gasteiger partial charge in [-0.1, -0.05) is 18.2 Å². The Hall–Kier alpha value is -3.08. The van der Waals surface area contributed by atoms with Crippen LogP contribution in [-0.2, 0) is 4.79 Å². The molecule has 0 bridgehead atoms. The van der Waals surface area contributed by atoms with Gasteiger partial charge in [-0.05, 0) is 51.1 Å². The Morgan fingerprint density at radius 3 is 2.64 bits per heavy atom. The summed E-state index contributed by atoms with van der Waals surface area (Å²) in [5.74, 6) is 0.997. The second-order valence-corrected chi connectivity index (χ2v) is 5.25. The summed E-state index contributed by atoms with van der Waals surface area (Å²) in [4.78, 5) is 15.1. The number of carboxylic acids is 1. The van der Waals surface area contributed by atoms with Crippen LogP contribution in [-0.4, -0.2) is 22.7 Å². The Bertz CT molecular complexity index is 810. The number of oxazole rings is 1. The molecule has 2 rings (SSSR count). The summed E-state index contributed by atoms with van der Waals surface area (Å²) in [7, 11) is 0. The molecule has 0 aliphatic rings. The van der Waals surface area contributed by atoms with E-state index in [1.807, 2.05) is 44.2 Å². The third-order valence-corrected chi connectivity index (χ3v) is 3.47. The summed E-state index contributed by atoms with van der Waals surface area (Å²) in [6.07, 6.45) is 8.48. The zero-order valence-corrected chi connectivity index (χ0v) is 14.5. The van der Waals surface area contributed by atoms with Crippen molar-refractivity contribution in [2.45, 2.75) is 20.8 Å². The third kappa shape index (κ3) is 4.94. The molecule has 1 heterocycles. The van der Waals surface area contributed by atoms with Crippen molar-refractivity contribution in [2.24, 2.45) is 0 Å². The lowest BCUT2D eigenvalue weighted by atomic mass is 10.2. The van der Waals surface area contributed by atoms with Crippen molar-refractivity contribution in [1.29, 1.82) is 0 Å². The number of rotatable bonds is 7. The van der Waals surface area contributed by atoms with Crippen molar-refractivity contribution in [3.05, 3.63) is 66.2 Å². The van der Waals surface area contributed by atoms with E-state index in [0.717, 1.165) is 16.9 Å². The lowest BCUT2D eigenvalue weighted by molar-refractivity contribution is -0.132. The number of hydrogen-bond donors (Lipinski definition) is 1. The largest absolute Gasteiger partial charge is 0.494 e. The maximum Gasteiger partial charge on any atom is 0.331 e. The van der Waals surface area contributed by atoms with Gasteiger partial charge in [0.05, 0.1) is 12.8 Å². The van der Waals surface area contributed by atoms with Crippen LogP contribution < -0.4 is 4.74 Å². The molecule has 0 fully saturated rings. The van der Waals surface area contributed by atoms with Gasteiger partial charge < -0.3 is 14.3 Å². The summed E-state index contributed by atoms with van der Waals surface area (Å²) in [5.41, 5.74) is 1.93. The molecule has 1 aromatic carbocycles. The van der Waals surface area contributed by atoms with Crippen molar-refractivity contribution in [1.82, 2.24) is 4.98 Å². The highest BCUT2D eigenvalue weighted by Gasteiger charge is 2.09. The fourth-order valence-electron chi connectivity index (χ4n) is 2.08. The van der Waals surface area contributed by atoms with Gasteiger partial charge in [0.25, 0.3) is 0 Å². The molecular weight excluding hydrogens is 318 g/mol. The Labute approximate surface area is 147 Å². The molecule has 5 nitrogen and oxygen atoms in total. The average Bonchev–Trinajstić information content (AvgIpc) is 3.09. The monoisotopic (exact) mass is 339 g/mol. The number of nitrogens with zero attached hydrogens (tertiary/aromatic N) is 1. The third-order valence-electron chi connectivity index (χ3n) is 3.47. The van der Waals surface area contributed by atoms with Crippen molar-refractivity contribution in [2.75, 3.05) is 6.61 Å². The van der Waals surface area contributed by atoms with E-state index in [1.165, 1.54) is 13.0 Å². The first kappa shape index (κ1) is 18.3. The molecule has 25 heavy (non-hydrogen) atoms. The number of carbonyl (C=O) groups is 1. The summed E-state index contributed by atoms with van der Waals surface area (Å²) in [6, 6.07) is 7.60. The standard InChI is InChI=1S/C20H21NO4/c1-4-15(8-6-7-14(3)20(22)23)19-21-13-18(25-19)16-9-11-17(12-10-16)24-5-2/h4,6-13H,5H2,1-3H3,(H,22,23)/b8-6-,14-7+,15-4+. The molecule has 0 unspecified atom stereocenters. The van der Waals surface area contributed by atoms with Crippen LogP contribution in [0.4, 0.5) is 0 Å². The van der Waals surface area contributed by atoms with Gasteiger partial charge in [-0.3, -0.25) is 0 Å². The summed E-state index contributed by atoms with van der Waals surface area (Å²) in [5, 5.41) is 8.85. The zero-order valence-electron chi connectivity index (χ0n) is 14.5. The van der Waals surface area contributed by atoms with E-state index in [0.29, 0.717) is 18.3 Å². The molecular formula is C20H21NO4. The minimum absolute atomic E-state index is 0.259. The molecule has 0 aliphatic carbocycles. The molecule has 0 radical (unpaired) electrons. The molecule has 5 heteroatoms. The second kappa shape index (κ2) is 8.68. The highest BCUT2D eigenvalue weighted by Crippen LogP contribution is 2.26. The van der Waals surface area contributed by atoms with E-state index in [-0.39, 0.29) is 5.57 Å². The molecule has 1 N–H and O–H groups in total. The molecule has 0 saturated carbocycles. The minimum Gasteiger partial charge on any atom is -0.494 e. The molecule has 130 valence electrons. The van der Waals surface area contributed by atoms with Crippen molar-refractivity contribution in [3.8, 4) is 17.1 Å². The van der Waals surface area contributed by atoms with Gasteiger partial charge in [0, 0.05) is 16.7 Å². The topological polar surface area (TPSA) is 72.6 Å². The lowest BCUT2D eigenvalue weighted by Gasteiger charge is -2.03. The van der Waals surface area contributed by atoms with E-state index < -0.39 is 5.97 Å². The number of allylic oxidation sites excluding steroid dienone is 5. The van der Waals surface area contributed by atoms with Crippen LogP contribution in [0.15, 0.2) is 64.8 Å². The SMILES string of the molecule is C\C=C(/C=C\C=C(/C)C(=O)O)c1ncc(-c2ccc(OCC)cc2)o1. The number of ether oxygens (including phenoxy) is 1. The summed E-state index contributed by atoms with van der Waals surface area (Å²) < 4.78 is 11.2. The number of benzene rings is 1. The Balaban J connectivity index is 2.17. The van der Waals surface area contributed by atoms with Gasteiger partial charge >= 0.3 is 5.97 Å². The van der Waals surface area contributed by atoms with Crippen LogP contribution >= 0.6 is 0 Å². The molecule has 0 aliphatic heterocycles. The first-order chi connectivity index (χ1) is 12.0.